The molecule has 6 heteroatoms. The predicted molar refractivity (Wildman–Crippen MR) is 62.2 cm³/mol. The lowest BCUT2D eigenvalue weighted by Gasteiger charge is -2.01. The second-order valence-electron chi connectivity index (χ2n) is 3.03. The number of aldehydes is 1. The molecule has 0 aliphatic rings. The number of hydrogen-bond donors (Lipinski definition) is 1. The standard InChI is InChI=1S/C10H12ClN3O2/c1-3-13-10(11)7(5-15)9(12)8-4-6(2)16-14-8/h4-5H,3,12H2,1-2H3/b9-7-,13-10?. The van der Waals surface area contributed by atoms with E-state index in [0.29, 0.717) is 24.3 Å². The van der Waals surface area contributed by atoms with Gasteiger partial charge in [0.25, 0.3) is 0 Å². The van der Waals surface area contributed by atoms with Gasteiger partial charge in [-0.3, -0.25) is 9.79 Å². The zero-order valence-electron chi connectivity index (χ0n) is 9.03. The van der Waals surface area contributed by atoms with Gasteiger partial charge in [-0.2, -0.15) is 0 Å². The average molecular weight is 242 g/mol. The van der Waals surface area contributed by atoms with Crippen molar-refractivity contribution in [2.24, 2.45) is 10.7 Å². The number of nitrogens with two attached hydrogens (primary N) is 1. The van der Waals surface area contributed by atoms with Crippen LogP contribution < -0.4 is 5.73 Å². The molecule has 0 saturated heterocycles. The summed E-state index contributed by atoms with van der Waals surface area (Å²) in [7, 11) is 0. The van der Waals surface area contributed by atoms with Crippen LogP contribution in [0.15, 0.2) is 21.2 Å². The summed E-state index contributed by atoms with van der Waals surface area (Å²) in [5.41, 5.74) is 6.42. The highest BCUT2D eigenvalue weighted by atomic mass is 35.5. The highest BCUT2D eigenvalue weighted by molar-refractivity contribution is 6.72. The first-order valence-corrected chi connectivity index (χ1v) is 5.06. The fourth-order valence-electron chi connectivity index (χ4n) is 1.08. The molecule has 0 amide bonds. The van der Waals surface area contributed by atoms with Gasteiger partial charge in [-0.1, -0.05) is 16.8 Å². The van der Waals surface area contributed by atoms with Gasteiger partial charge < -0.3 is 10.3 Å². The van der Waals surface area contributed by atoms with Crippen LogP contribution in [-0.2, 0) is 4.79 Å². The molecule has 1 rings (SSSR count). The zero-order valence-corrected chi connectivity index (χ0v) is 9.78. The highest BCUT2D eigenvalue weighted by Gasteiger charge is 2.13. The summed E-state index contributed by atoms with van der Waals surface area (Å²) in [5, 5.41) is 3.78. The Morgan fingerprint density at radius 3 is 2.88 bits per heavy atom. The molecule has 0 unspecified atom stereocenters. The molecule has 0 radical (unpaired) electrons. The third-order valence-corrected chi connectivity index (χ3v) is 2.15. The molecule has 1 aromatic heterocycles. The van der Waals surface area contributed by atoms with E-state index in [1.54, 1.807) is 19.9 Å². The first kappa shape index (κ1) is 12.4. The fraction of sp³-hybridized carbons (Fsp3) is 0.300. The van der Waals surface area contributed by atoms with Crippen molar-refractivity contribution in [1.82, 2.24) is 5.16 Å². The van der Waals surface area contributed by atoms with Crippen LogP contribution in [0.3, 0.4) is 0 Å². The Balaban J connectivity index is 3.18. The number of halogens is 1. The molecule has 1 aromatic rings. The van der Waals surface area contributed by atoms with Crippen molar-refractivity contribution < 1.29 is 9.32 Å². The maximum Gasteiger partial charge on any atom is 0.155 e. The number of hydrogen-bond acceptors (Lipinski definition) is 5. The van der Waals surface area contributed by atoms with Gasteiger partial charge in [-0.25, -0.2) is 0 Å². The van der Waals surface area contributed by atoms with Crippen LogP contribution >= 0.6 is 11.6 Å². The Morgan fingerprint density at radius 2 is 2.44 bits per heavy atom. The minimum atomic E-state index is 0.0793. The van der Waals surface area contributed by atoms with E-state index in [1.165, 1.54) is 0 Å². The minimum absolute atomic E-state index is 0.0793. The number of aliphatic imine (C=N–C) groups is 1. The van der Waals surface area contributed by atoms with Crippen molar-refractivity contribution >= 4 is 28.8 Å². The summed E-state index contributed by atoms with van der Waals surface area (Å²) in [6.45, 7) is 4.01. The molecule has 0 aliphatic carbocycles. The first-order chi connectivity index (χ1) is 7.60. The third-order valence-electron chi connectivity index (χ3n) is 1.83. The Hall–Kier alpha value is -1.62. The summed E-state index contributed by atoms with van der Waals surface area (Å²) >= 11 is 5.82. The second kappa shape index (κ2) is 5.46. The van der Waals surface area contributed by atoms with Gasteiger partial charge in [-0.15, -0.1) is 0 Å². The van der Waals surface area contributed by atoms with Crippen molar-refractivity contribution in [3.05, 3.63) is 23.1 Å². The van der Waals surface area contributed by atoms with Gasteiger partial charge in [0, 0.05) is 12.6 Å². The van der Waals surface area contributed by atoms with E-state index < -0.39 is 0 Å². The van der Waals surface area contributed by atoms with Gasteiger partial charge in [0.2, 0.25) is 0 Å². The van der Waals surface area contributed by atoms with Crippen LogP contribution in [0.25, 0.3) is 5.70 Å². The molecule has 0 bridgehead atoms. The predicted octanol–water partition coefficient (Wildman–Crippen LogP) is 1.51. The lowest BCUT2D eigenvalue weighted by Crippen LogP contribution is -2.08. The molecule has 5 nitrogen and oxygen atoms in total. The van der Waals surface area contributed by atoms with Gasteiger partial charge in [-0.05, 0) is 13.8 Å². The number of aryl methyl sites for hydroxylation is 1. The molecule has 86 valence electrons. The second-order valence-corrected chi connectivity index (χ2v) is 3.39. The van der Waals surface area contributed by atoms with Crippen molar-refractivity contribution in [3.8, 4) is 0 Å². The van der Waals surface area contributed by atoms with Crippen LogP contribution in [0.5, 0.6) is 0 Å². The summed E-state index contributed by atoms with van der Waals surface area (Å²) in [6, 6.07) is 1.62. The topological polar surface area (TPSA) is 81.5 Å². The van der Waals surface area contributed by atoms with E-state index in [-0.39, 0.29) is 16.4 Å². The molecule has 1 heterocycles. The third kappa shape index (κ3) is 2.70. The number of carbonyl (C=O) groups is 1. The van der Waals surface area contributed by atoms with E-state index in [2.05, 4.69) is 10.1 Å². The Kier molecular flexibility index (Phi) is 4.25. The van der Waals surface area contributed by atoms with Crippen molar-refractivity contribution in [3.63, 3.8) is 0 Å². The molecular formula is C10H12ClN3O2. The zero-order chi connectivity index (χ0) is 12.1. The van der Waals surface area contributed by atoms with Gasteiger partial charge >= 0.3 is 0 Å². The van der Waals surface area contributed by atoms with Crippen LogP contribution in [0.2, 0.25) is 0 Å². The van der Waals surface area contributed by atoms with Crippen LogP contribution in [0, 0.1) is 6.92 Å². The van der Waals surface area contributed by atoms with Crippen LogP contribution in [-0.4, -0.2) is 23.2 Å². The fourth-order valence-corrected chi connectivity index (χ4v) is 1.34. The Labute approximate surface area is 98.0 Å². The van der Waals surface area contributed by atoms with E-state index in [1.807, 2.05) is 0 Å². The maximum absolute atomic E-state index is 10.9. The Morgan fingerprint density at radius 1 is 1.75 bits per heavy atom. The molecule has 16 heavy (non-hydrogen) atoms. The monoisotopic (exact) mass is 241 g/mol. The molecule has 2 N–H and O–H groups in total. The molecule has 0 aliphatic heterocycles. The first-order valence-electron chi connectivity index (χ1n) is 4.69. The number of rotatable bonds is 4. The number of nitrogens with zero attached hydrogens (tertiary/aromatic N) is 2. The summed E-state index contributed by atoms with van der Waals surface area (Å²) in [5.74, 6) is 0.603. The van der Waals surface area contributed by atoms with Crippen molar-refractivity contribution in [2.75, 3.05) is 6.54 Å². The minimum Gasteiger partial charge on any atom is -0.396 e. The van der Waals surface area contributed by atoms with E-state index in [9.17, 15) is 4.79 Å². The number of aromatic nitrogens is 1. The molecule has 0 saturated carbocycles. The van der Waals surface area contributed by atoms with E-state index in [0.717, 1.165) is 0 Å². The number of allylic oxidation sites excluding steroid dienone is 1. The summed E-state index contributed by atoms with van der Waals surface area (Å²) in [4.78, 5) is 14.8. The molecule has 0 aromatic carbocycles. The lowest BCUT2D eigenvalue weighted by molar-refractivity contribution is -0.104. The quantitative estimate of drug-likeness (QED) is 0.492. The summed E-state index contributed by atoms with van der Waals surface area (Å²) < 4.78 is 4.86. The number of carbonyl (C=O) groups excluding carboxylic acids is 1. The van der Waals surface area contributed by atoms with Gasteiger partial charge in [0.05, 0.1) is 11.3 Å². The molecule has 0 atom stereocenters. The van der Waals surface area contributed by atoms with E-state index in [4.69, 9.17) is 21.9 Å². The van der Waals surface area contributed by atoms with Gasteiger partial charge in [0.1, 0.15) is 16.6 Å². The SMILES string of the molecule is CCN=C(Cl)/C(C=O)=C(\N)c1cc(C)on1. The molecule has 0 fully saturated rings. The molecular weight excluding hydrogens is 230 g/mol. The summed E-state index contributed by atoms with van der Waals surface area (Å²) in [6.07, 6.45) is 0.556. The Bertz CT molecular complexity index is 449. The van der Waals surface area contributed by atoms with Crippen LogP contribution in [0.1, 0.15) is 18.4 Å². The largest absolute Gasteiger partial charge is 0.396 e. The van der Waals surface area contributed by atoms with Crippen LogP contribution in [0.4, 0.5) is 0 Å². The smallest absolute Gasteiger partial charge is 0.155 e. The van der Waals surface area contributed by atoms with Crippen molar-refractivity contribution in [1.29, 1.82) is 0 Å². The normalized spacial score (nSPS) is 13.6. The van der Waals surface area contributed by atoms with Crippen molar-refractivity contribution in [2.45, 2.75) is 13.8 Å². The maximum atomic E-state index is 10.9. The lowest BCUT2D eigenvalue weighted by atomic mass is 10.2. The molecule has 0 spiro atoms. The highest BCUT2D eigenvalue weighted by Crippen LogP contribution is 2.15. The average Bonchev–Trinajstić information content (AvgIpc) is 2.66. The van der Waals surface area contributed by atoms with E-state index >= 15 is 0 Å². The van der Waals surface area contributed by atoms with Gasteiger partial charge in [0.15, 0.2) is 6.29 Å².